The molecule has 0 saturated carbocycles. The van der Waals surface area contributed by atoms with Crippen molar-refractivity contribution in [3.63, 3.8) is 0 Å². The van der Waals surface area contributed by atoms with Crippen LogP contribution in [0.25, 0.3) is 0 Å². The predicted molar refractivity (Wildman–Crippen MR) is 70.3 cm³/mol. The number of hydrogen-bond donors (Lipinski definition) is 2. The Labute approximate surface area is 114 Å². The summed E-state index contributed by atoms with van der Waals surface area (Å²) >= 11 is -1.45. The summed E-state index contributed by atoms with van der Waals surface area (Å²) < 4.78 is 11.5. The fourth-order valence-corrected chi connectivity index (χ4v) is 3.15. The van der Waals surface area contributed by atoms with Gasteiger partial charge in [0.1, 0.15) is 0 Å². The number of unbranched alkanes of at least 4 members (excludes halogenated alkanes) is 4. The van der Waals surface area contributed by atoms with Crippen molar-refractivity contribution < 1.29 is 25.3 Å². The zero-order valence-corrected chi connectivity index (χ0v) is 13.4. The fraction of sp³-hybridized carbons (Fsp3) is 1.00. The molecule has 17 heavy (non-hydrogen) atoms. The van der Waals surface area contributed by atoms with Crippen LogP contribution in [-0.2, 0) is 25.3 Å². The molecule has 0 aromatic rings. The Hall–Kier alpha value is 0.554. The van der Waals surface area contributed by atoms with Gasteiger partial charge in [-0.05, 0) is 25.9 Å². The van der Waals surface area contributed by atoms with Crippen molar-refractivity contribution in [2.24, 2.45) is 11.5 Å². The molecular formula is C12H31N2O2Ti. The minimum absolute atomic E-state index is 0.824. The Balaban J connectivity index is 0. The van der Waals surface area contributed by atoms with Crippen LogP contribution in [0.4, 0.5) is 0 Å². The van der Waals surface area contributed by atoms with Gasteiger partial charge in [-0.15, -0.1) is 0 Å². The second kappa shape index (κ2) is 18.9. The summed E-state index contributed by atoms with van der Waals surface area (Å²) in [6, 6.07) is 0. The summed E-state index contributed by atoms with van der Waals surface area (Å²) in [6.07, 6.45) is 7.28. The Kier molecular flexibility index (Phi) is 22.1. The first kappa shape index (κ1) is 19.9. The summed E-state index contributed by atoms with van der Waals surface area (Å²) in [5.74, 6) is 0. The van der Waals surface area contributed by atoms with Crippen molar-refractivity contribution in [3.05, 3.63) is 0 Å². The SMILES string of the molecule is CCC[CH2][Ti]([O]C)[O]C.NCCCCCCN. The molecule has 0 fully saturated rings. The molecule has 0 aliphatic rings. The van der Waals surface area contributed by atoms with E-state index in [1.165, 1.54) is 30.4 Å². The van der Waals surface area contributed by atoms with Crippen LogP contribution in [0.5, 0.6) is 0 Å². The van der Waals surface area contributed by atoms with E-state index in [0.29, 0.717) is 0 Å². The molecule has 0 heterocycles. The van der Waals surface area contributed by atoms with Crippen molar-refractivity contribution in [1.82, 2.24) is 0 Å². The summed E-state index contributed by atoms with van der Waals surface area (Å²) in [7, 11) is 3.49. The molecule has 0 rings (SSSR count). The van der Waals surface area contributed by atoms with Gasteiger partial charge in [0, 0.05) is 0 Å². The minimum atomic E-state index is -1.45. The first-order chi connectivity index (χ1) is 8.26. The molecule has 0 atom stereocenters. The van der Waals surface area contributed by atoms with Gasteiger partial charge in [0.15, 0.2) is 0 Å². The zero-order valence-electron chi connectivity index (χ0n) is 11.8. The van der Waals surface area contributed by atoms with E-state index in [1.807, 2.05) is 0 Å². The first-order valence-corrected chi connectivity index (χ1v) is 8.98. The average molecular weight is 283 g/mol. The molecule has 0 bridgehead atoms. The average Bonchev–Trinajstić information content (AvgIpc) is 2.37. The molecule has 0 saturated heterocycles. The van der Waals surface area contributed by atoms with Gasteiger partial charge in [-0.3, -0.25) is 0 Å². The molecule has 0 amide bonds. The summed E-state index contributed by atoms with van der Waals surface area (Å²) in [6.45, 7) is 3.83. The second-order valence-corrected chi connectivity index (χ2v) is 7.09. The van der Waals surface area contributed by atoms with Crippen molar-refractivity contribution in [2.45, 2.75) is 50.2 Å². The van der Waals surface area contributed by atoms with Gasteiger partial charge >= 0.3 is 64.0 Å². The Bertz CT molecular complexity index is 119. The summed E-state index contributed by atoms with van der Waals surface area (Å²) in [5, 5.41) is 0. The fourth-order valence-electron chi connectivity index (χ4n) is 1.25. The van der Waals surface area contributed by atoms with Crippen molar-refractivity contribution in [3.8, 4) is 0 Å². The molecule has 0 aromatic carbocycles. The third kappa shape index (κ3) is 19.1. The molecule has 0 aliphatic carbocycles. The van der Waals surface area contributed by atoms with E-state index < -0.39 is 18.6 Å². The minimum Gasteiger partial charge on any atom is -0.330 e. The van der Waals surface area contributed by atoms with E-state index in [2.05, 4.69) is 6.92 Å². The predicted octanol–water partition coefficient (Wildman–Crippen LogP) is 2.41. The van der Waals surface area contributed by atoms with Gasteiger partial charge in [-0.1, -0.05) is 12.8 Å². The molecule has 4 nitrogen and oxygen atoms in total. The van der Waals surface area contributed by atoms with E-state index >= 15 is 0 Å². The van der Waals surface area contributed by atoms with E-state index in [9.17, 15) is 0 Å². The maximum Gasteiger partial charge on any atom is -0.00773 e. The molecule has 4 N–H and O–H groups in total. The molecule has 0 aliphatic heterocycles. The largest absolute Gasteiger partial charge is 0.330 e. The van der Waals surface area contributed by atoms with E-state index in [4.69, 9.17) is 18.1 Å². The van der Waals surface area contributed by atoms with Crippen LogP contribution >= 0.6 is 0 Å². The normalized spacial score (nSPS) is 9.71. The Morgan fingerprint density at radius 1 is 0.824 bits per heavy atom. The van der Waals surface area contributed by atoms with Crippen LogP contribution in [0.3, 0.4) is 0 Å². The molecule has 0 radical (unpaired) electrons. The maximum absolute atomic E-state index is 5.28. The van der Waals surface area contributed by atoms with Gasteiger partial charge in [-0.2, -0.15) is 0 Å². The molecular weight excluding hydrogens is 252 g/mol. The van der Waals surface area contributed by atoms with Crippen molar-refractivity contribution >= 4 is 0 Å². The number of rotatable bonds is 10. The third-order valence-corrected chi connectivity index (χ3v) is 4.96. The van der Waals surface area contributed by atoms with Crippen LogP contribution in [0.2, 0.25) is 4.73 Å². The van der Waals surface area contributed by atoms with Crippen LogP contribution in [0, 0.1) is 0 Å². The molecule has 0 aromatic heterocycles. The maximum atomic E-state index is 5.28. The molecule has 105 valence electrons. The van der Waals surface area contributed by atoms with Gasteiger partial charge in [0.05, 0.1) is 0 Å². The third-order valence-electron chi connectivity index (χ3n) is 2.35. The molecule has 0 spiro atoms. The van der Waals surface area contributed by atoms with Gasteiger partial charge in [0.25, 0.3) is 0 Å². The van der Waals surface area contributed by atoms with Crippen LogP contribution in [0.15, 0.2) is 0 Å². The van der Waals surface area contributed by atoms with E-state index in [0.717, 1.165) is 25.9 Å². The van der Waals surface area contributed by atoms with Gasteiger partial charge in [0.2, 0.25) is 0 Å². The number of nitrogens with two attached hydrogens (primary N) is 2. The van der Waals surface area contributed by atoms with Gasteiger partial charge < -0.3 is 11.5 Å². The zero-order chi connectivity index (χ0) is 13.4. The van der Waals surface area contributed by atoms with Crippen molar-refractivity contribution in [1.29, 1.82) is 0 Å². The first-order valence-electron chi connectivity index (χ1n) is 6.60. The quantitative estimate of drug-likeness (QED) is 0.477. The Morgan fingerprint density at radius 3 is 1.59 bits per heavy atom. The number of hydrogen-bond acceptors (Lipinski definition) is 4. The molecule has 5 heteroatoms. The Morgan fingerprint density at radius 2 is 1.29 bits per heavy atom. The monoisotopic (exact) mass is 283 g/mol. The van der Waals surface area contributed by atoms with Crippen LogP contribution < -0.4 is 11.5 Å². The van der Waals surface area contributed by atoms with E-state index in [-0.39, 0.29) is 0 Å². The molecule has 0 unspecified atom stereocenters. The topological polar surface area (TPSA) is 70.5 Å². The summed E-state index contributed by atoms with van der Waals surface area (Å²) in [5.41, 5.74) is 10.6. The van der Waals surface area contributed by atoms with Gasteiger partial charge in [-0.25, -0.2) is 0 Å². The van der Waals surface area contributed by atoms with Crippen molar-refractivity contribution in [2.75, 3.05) is 27.3 Å². The van der Waals surface area contributed by atoms with Crippen LogP contribution in [-0.4, -0.2) is 27.3 Å². The summed E-state index contributed by atoms with van der Waals surface area (Å²) in [4.78, 5) is 0. The standard InChI is InChI=1S/C6H16N2.C4H9.2CH3O.Ti/c7-5-3-1-2-4-6-8;1-3-4-2;2*1-2;/h1-8H2;1,3-4H2,2H3;2*1H3;/q;;2*-1;+2. The van der Waals surface area contributed by atoms with Crippen LogP contribution in [0.1, 0.15) is 45.4 Å². The van der Waals surface area contributed by atoms with E-state index in [1.54, 1.807) is 14.2 Å². The second-order valence-electron chi connectivity index (χ2n) is 3.88. The smallest absolute Gasteiger partial charge is 0.00773 e.